The fourth-order valence-electron chi connectivity index (χ4n) is 3.14. The largest absolute Gasteiger partial charge is 0.463 e. The Morgan fingerprint density at radius 1 is 1.19 bits per heavy atom. The molecule has 1 aliphatic rings. The zero-order valence-electron chi connectivity index (χ0n) is 15.7. The van der Waals surface area contributed by atoms with Crippen molar-refractivity contribution in [1.29, 1.82) is 0 Å². The summed E-state index contributed by atoms with van der Waals surface area (Å²) < 4.78 is 5.50. The van der Waals surface area contributed by atoms with Crippen LogP contribution in [-0.4, -0.2) is 35.8 Å². The molecule has 1 aromatic carbocycles. The van der Waals surface area contributed by atoms with Crippen molar-refractivity contribution in [2.75, 3.05) is 13.1 Å². The lowest BCUT2D eigenvalue weighted by molar-refractivity contribution is -0.135. The van der Waals surface area contributed by atoms with E-state index in [0.29, 0.717) is 24.5 Å². The first-order valence-corrected chi connectivity index (χ1v) is 8.83. The second kappa shape index (κ2) is 7.26. The summed E-state index contributed by atoms with van der Waals surface area (Å²) in [6, 6.07) is 10.7. The van der Waals surface area contributed by atoms with E-state index >= 15 is 0 Å². The molecule has 7 nitrogen and oxygen atoms in total. The van der Waals surface area contributed by atoms with E-state index < -0.39 is 17.5 Å². The van der Waals surface area contributed by atoms with Crippen LogP contribution in [0.25, 0.3) is 0 Å². The van der Waals surface area contributed by atoms with Crippen LogP contribution in [0.1, 0.15) is 29.6 Å². The molecule has 142 valence electrons. The van der Waals surface area contributed by atoms with Gasteiger partial charge in [0, 0.05) is 6.54 Å². The summed E-state index contributed by atoms with van der Waals surface area (Å²) in [6.07, 6.45) is 0.682. The minimum absolute atomic E-state index is 0.326. The molecule has 1 saturated heterocycles. The molecule has 27 heavy (non-hydrogen) atoms. The number of rotatable bonds is 6. The molecule has 4 amide bonds. The van der Waals surface area contributed by atoms with Crippen molar-refractivity contribution in [3.63, 3.8) is 0 Å². The number of nitrogens with one attached hydrogen (secondary N) is 2. The van der Waals surface area contributed by atoms with Gasteiger partial charge in [0.1, 0.15) is 18.1 Å². The highest BCUT2D eigenvalue weighted by atomic mass is 16.3. The minimum atomic E-state index is -1.30. The normalized spacial score (nSPS) is 19.3. The van der Waals surface area contributed by atoms with Crippen molar-refractivity contribution in [2.45, 2.75) is 32.7 Å². The molecule has 0 bridgehead atoms. The fraction of sp³-hybridized carbons (Fsp3) is 0.350. The Morgan fingerprint density at radius 3 is 2.59 bits per heavy atom. The van der Waals surface area contributed by atoms with Gasteiger partial charge in [0.05, 0.1) is 0 Å². The van der Waals surface area contributed by atoms with E-state index in [1.54, 1.807) is 26.0 Å². The van der Waals surface area contributed by atoms with Crippen molar-refractivity contribution in [3.05, 3.63) is 59.0 Å². The Hall–Kier alpha value is -3.09. The van der Waals surface area contributed by atoms with E-state index in [1.165, 1.54) is 0 Å². The first kappa shape index (κ1) is 18.7. The van der Waals surface area contributed by atoms with E-state index in [9.17, 15) is 14.4 Å². The van der Waals surface area contributed by atoms with Gasteiger partial charge in [-0.25, -0.2) is 4.79 Å². The van der Waals surface area contributed by atoms with Gasteiger partial charge < -0.3 is 15.1 Å². The lowest BCUT2D eigenvalue weighted by Gasteiger charge is -2.19. The van der Waals surface area contributed by atoms with Gasteiger partial charge >= 0.3 is 6.03 Å². The molecule has 2 aromatic rings. The van der Waals surface area contributed by atoms with Crippen LogP contribution in [-0.2, 0) is 21.5 Å². The van der Waals surface area contributed by atoms with Crippen LogP contribution in [0, 0.1) is 13.8 Å². The topological polar surface area (TPSA) is 91.7 Å². The van der Waals surface area contributed by atoms with Crippen LogP contribution in [0.2, 0.25) is 0 Å². The van der Waals surface area contributed by atoms with Gasteiger partial charge in [0.15, 0.2) is 5.54 Å². The first-order valence-electron chi connectivity index (χ1n) is 8.83. The van der Waals surface area contributed by atoms with E-state index in [2.05, 4.69) is 10.6 Å². The zero-order valence-corrected chi connectivity index (χ0v) is 15.7. The molecule has 3 rings (SSSR count). The molecule has 0 radical (unpaired) electrons. The summed E-state index contributed by atoms with van der Waals surface area (Å²) in [5.74, 6) is 0.101. The van der Waals surface area contributed by atoms with Crippen molar-refractivity contribution in [1.82, 2.24) is 15.5 Å². The summed E-state index contributed by atoms with van der Waals surface area (Å²) in [4.78, 5) is 38.1. The average Bonchev–Trinajstić information content (AvgIpc) is 3.15. The maximum absolute atomic E-state index is 12.7. The van der Waals surface area contributed by atoms with Gasteiger partial charge in [-0.2, -0.15) is 0 Å². The number of urea groups is 1. The summed E-state index contributed by atoms with van der Waals surface area (Å²) in [7, 11) is 0. The molecule has 0 spiro atoms. The Balaban J connectivity index is 1.58. The minimum Gasteiger partial charge on any atom is -0.463 e. The third kappa shape index (κ3) is 3.72. The number of carbonyl (C=O) groups excluding carboxylic acids is 3. The molecule has 1 fully saturated rings. The smallest absolute Gasteiger partial charge is 0.325 e. The number of benzene rings is 1. The van der Waals surface area contributed by atoms with E-state index in [-0.39, 0.29) is 12.5 Å². The van der Waals surface area contributed by atoms with Crippen molar-refractivity contribution in [2.24, 2.45) is 0 Å². The molecule has 1 aromatic heterocycles. The average molecular weight is 369 g/mol. The molecule has 7 heteroatoms. The zero-order chi connectivity index (χ0) is 19.6. The molecular weight excluding hydrogens is 346 g/mol. The van der Waals surface area contributed by atoms with Gasteiger partial charge in [-0.15, -0.1) is 0 Å². The Bertz CT molecular complexity index is 889. The number of nitrogens with zero attached hydrogens (tertiary/aromatic N) is 1. The number of hydrogen-bond donors (Lipinski definition) is 2. The van der Waals surface area contributed by atoms with E-state index in [0.717, 1.165) is 16.0 Å². The molecule has 1 unspecified atom stereocenters. The second-order valence-corrected chi connectivity index (χ2v) is 6.88. The van der Waals surface area contributed by atoms with Crippen LogP contribution < -0.4 is 10.6 Å². The maximum Gasteiger partial charge on any atom is 0.325 e. The predicted molar refractivity (Wildman–Crippen MR) is 98.9 cm³/mol. The van der Waals surface area contributed by atoms with Crippen molar-refractivity contribution in [3.8, 4) is 0 Å². The SMILES string of the molecule is Cc1ccc(C2(C)NC(=O)N(CC(=O)NCCc3ccccc3C)C2=O)o1. The molecule has 1 aliphatic heterocycles. The monoisotopic (exact) mass is 369 g/mol. The summed E-state index contributed by atoms with van der Waals surface area (Å²) in [5.41, 5.74) is 1.01. The molecular formula is C20H23N3O4. The van der Waals surface area contributed by atoms with Crippen LogP contribution in [0.5, 0.6) is 0 Å². The first-order chi connectivity index (χ1) is 12.8. The number of aryl methyl sites for hydroxylation is 2. The van der Waals surface area contributed by atoms with Gasteiger partial charge in [-0.1, -0.05) is 24.3 Å². The highest BCUT2D eigenvalue weighted by Crippen LogP contribution is 2.29. The Labute approximate surface area is 157 Å². The standard InChI is InChI=1S/C20H23N3O4/c1-13-6-4-5-7-15(13)10-11-21-17(24)12-23-18(25)20(3,22-19(23)26)16-9-8-14(2)27-16/h4-9H,10-12H2,1-3H3,(H,21,24)(H,22,26). The van der Waals surface area contributed by atoms with Crippen LogP contribution in [0.4, 0.5) is 4.79 Å². The Morgan fingerprint density at radius 2 is 1.93 bits per heavy atom. The number of amides is 4. The summed E-state index contributed by atoms with van der Waals surface area (Å²) >= 11 is 0. The van der Waals surface area contributed by atoms with Crippen LogP contribution >= 0.6 is 0 Å². The maximum atomic E-state index is 12.7. The van der Waals surface area contributed by atoms with Gasteiger partial charge in [-0.3, -0.25) is 14.5 Å². The molecule has 1 atom stereocenters. The van der Waals surface area contributed by atoms with Crippen LogP contribution in [0.15, 0.2) is 40.8 Å². The molecule has 0 aliphatic carbocycles. The van der Waals surface area contributed by atoms with Gasteiger partial charge in [0.2, 0.25) is 5.91 Å². The lowest BCUT2D eigenvalue weighted by atomic mass is 9.99. The van der Waals surface area contributed by atoms with Gasteiger partial charge in [-0.05, 0) is 50.5 Å². The number of imide groups is 1. The highest BCUT2D eigenvalue weighted by molar-refractivity contribution is 6.08. The Kier molecular flexibility index (Phi) is 5.03. The molecule has 0 saturated carbocycles. The molecule has 2 heterocycles. The van der Waals surface area contributed by atoms with Crippen molar-refractivity contribution >= 4 is 17.8 Å². The summed E-state index contributed by atoms with van der Waals surface area (Å²) in [6.45, 7) is 5.45. The highest BCUT2D eigenvalue weighted by Gasteiger charge is 2.51. The number of furan rings is 1. The second-order valence-electron chi connectivity index (χ2n) is 6.88. The van der Waals surface area contributed by atoms with E-state index in [4.69, 9.17) is 4.42 Å². The number of carbonyl (C=O) groups is 3. The molecule has 2 N–H and O–H groups in total. The van der Waals surface area contributed by atoms with E-state index in [1.807, 2.05) is 31.2 Å². The number of hydrogen-bond acceptors (Lipinski definition) is 4. The third-order valence-corrected chi connectivity index (χ3v) is 4.79. The third-order valence-electron chi connectivity index (χ3n) is 4.79. The van der Waals surface area contributed by atoms with Gasteiger partial charge in [0.25, 0.3) is 5.91 Å². The lowest BCUT2D eigenvalue weighted by Crippen LogP contribution is -2.43. The summed E-state index contributed by atoms with van der Waals surface area (Å²) in [5, 5.41) is 5.38. The van der Waals surface area contributed by atoms with Crippen molar-refractivity contribution < 1.29 is 18.8 Å². The van der Waals surface area contributed by atoms with Crippen LogP contribution in [0.3, 0.4) is 0 Å². The predicted octanol–water partition coefficient (Wildman–Crippen LogP) is 2.02. The fourth-order valence-corrected chi connectivity index (χ4v) is 3.14. The quantitative estimate of drug-likeness (QED) is 0.762.